The number of carbonyl (C=O) groups is 1. The molecule has 0 aromatic carbocycles. The Kier molecular flexibility index (Phi) is 3.65. The first-order valence-electron chi connectivity index (χ1n) is 4.74. The minimum atomic E-state index is -1.18. The number of carboxylic acid groups (broad SMARTS) is 1. The summed E-state index contributed by atoms with van der Waals surface area (Å²) in [6.45, 7) is 3.79. The lowest BCUT2D eigenvalue weighted by Gasteiger charge is -2.11. The zero-order valence-electron chi connectivity index (χ0n) is 9.64. The Bertz CT molecular complexity index is 379. The number of ether oxygens (including phenoxy) is 2. The Labute approximate surface area is 93.2 Å². The lowest BCUT2D eigenvalue weighted by molar-refractivity contribution is 0.0687. The zero-order chi connectivity index (χ0) is 12.3. The monoisotopic (exact) mass is 226 g/mol. The van der Waals surface area contributed by atoms with Crippen LogP contribution in [0.4, 0.5) is 0 Å². The van der Waals surface area contributed by atoms with Gasteiger partial charge in [0.15, 0.2) is 5.56 Å². The van der Waals surface area contributed by atoms with Crippen LogP contribution in [-0.4, -0.2) is 35.3 Å². The zero-order valence-corrected chi connectivity index (χ0v) is 9.64. The van der Waals surface area contributed by atoms with Gasteiger partial charge in [-0.3, -0.25) is 0 Å². The van der Waals surface area contributed by atoms with Crippen LogP contribution in [0.3, 0.4) is 0 Å². The maximum Gasteiger partial charge on any atom is 0.346 e. The van der Waals surface area contributed by atoms with Crippen molar-refractivity contribution in [1.29, 1.82) is 0 Å². The van der Waals surface area contributed by atoms with Gasteiger partial charge in [-0.25, -0.2) is 4.79 Å². The maximum atomic E-state index is 11.0. The predicted octanol–water partition coefficient (Wildman–Crippen LogP) is 1.32. The van der Waals surface area contributed by atoms with Crippen molar-refractivity contribution < 1.29 is 19.4 Å². The average molecular weight is 226 g/mol. The highest BCUT2D eigenvalue weighted by Crippen LogP contribution is 2.26. The normalized spacial score (nSPS) is 10.3. The fraction of sp³-hybridized carbons (Fsp3) is 0.500. The van der Waals surface area contributed by atoms with Crippen molar-refractivity contribution >= 4 is 5.97 Å². The number of aromatic carboxylic acids is 1. The molecule has 16 heavy (non-hydrogen) atoms. The molecule has 0 unspecified atom stereocenters. The van der Waals surface area contributed by atoms with Crippen LogP contribution in [0.5, 0.6) is 11.8 Å². The summed E-state index contributed by atoms with van der Waals surface area (Å²) >= 11 is 0. The van der Waals surface area contributed by atoms with Crippen LogP contribution in [0.1, 0.15) is 35.9 Å². The number of carboxylic acids is 1. The van der Waals surface area contributed by atoms with E-state index in [2.05, 4.69) is 9.97 Å². The number of hydrogen-bond donors (Lipinski definition) is 1. The highest BCUT2D eigenvalue weighted by molar-refractivity contribution is 5.92. The van der Waals surface area contributed by atoms with Crippen LogP contribution in [0.2, 0.25) is 0 Å². The van der Waals surface area contributed by atoms with Crippen molar-refractivity contribution in [1.82, 2.24) is 9.97 Å². The van der Waals surface area contributed by atoms with Crippen LogP contribution >= 0.6 is 0 Å². The molecule has 1 N–H and O–H groups in total. The standard InChI is InChI=1S/C10H14N2O4/c1-5(2)7-11-8(15-3)6(10(13)14)9(12-7)16-4/h5H,1-4H3,(H,13,14). The van der Waals surface area contributed by atoms with Crippen LogP contribution in [0.25, 0.3) is 0 Å². The third-order valence-electron chi connectivity index (χ3n) is 1.98. The summed E-state index contributed by atoms with van der Waals surface area (Å²) in [6, 6.07) is 0. The van der Waals surface area contributed by atoms with Gasteiger partial charge in [-0.2, -0.15) is 9.97 Å². The van der Waals surface area contributed by atoms with Crippen molar-refractivity contribution in [2.75, 3.05) is 14.2 Å². The van der Waals surface area contributed by atoms with E-state index < -0.39 is 5.97 Å². The first-order chi connectivity index (χ1) is 7.51. The van der Waals surface area contributed by atoms with Gasteiger partial charge < -0.3 is 14.6 Å². The van der Waals surface area contributed by atoms with Crippen LogP contribution in [0, 0.1) is 0 Å². The molecule has 0 fully saturated rings. The average Bonchev–Trinajstić information content (AvgIpc) is 2.26. The third-order valence-corrected chi connectivity index (χ3v) is 1.98. The van der Waals surface area contributed by atoms with Gasteiger partial charge in [-0.1, -0.05) is 13.8 Å². The van der Waals surface area contributed by atoms with Crippen molar-refractivity contribution in [3.8, 4) is 11.8 Å². The minimum Gasteiger partial charge on any atom is -0.480 e. The number of methoxy groups -OCH3 is 2. The Morgan fingerprint density at radius 1 is 1.19 bits per heavy atom. The van der Waals surface area contributed by atoms with E-state index >= 15 is 0 Å². The molecule has 1 aromatic heterocycles. The molecule has 0 saturated heterocycles. The first-order valence-corrected chi connectivity index (χ1v) is 4.74. The highest BCUT2D eigenvalue weighted by Gasteiger charge is 2.22. The fourth-order valence-corrected chi connectivity index (χ4v) is 1.17. The molecule has 1 aromatic rings. The Hall–Kier alpha value is -1.85. The van der Waals surface area contributed by atoms with Crippen molar-refractivity contribution in [3.05, 3.63) is 11.4 Å². The van der Waals surface area contributed by atoms with Gasteiger partial charge in [0, 0.05) is 5.92 Å². The van der Waals surface area contributed by atoms with E-state index in [1.165, 1.54) is 14.2 Å². The lowest BCUT2D eigenvalue weighted by atomic mass is 10.2. The van der Waals surface area contributed by atoms with Gasteiger partial charge >= 0.3 is 5.97 Å². The maximum absolute atomic E-state index is 11.0. The van der Waals surface area contributed by atoms with Crippen molar-refractivity contribution in [2.45, 2.75) is 19.8 Å². The van der Waals surface area contributed by atoms with Crippen LogP contribution in [-0.2, 0) is 0 Å². The minimum absolute atomic E-state index is 0.0167. The summed E-state index contributed by atoms with van der Waals surface area (Å²) in [5, 5.41) is 9.00. The van der Waals surface area contributed by atoms with Crippen LogP contribution in [0.15, 0.2) is 0 Å². The summed E-state index contributed by atoms with van der Waals surface area (Å²) in [4.78, 5) is 19.1. The van der Waals surface area contributed by atoms with E-state index in [9.17, 15) is 4.79 Å². The van der Waals surface area contributed by atoms with E-state index in [0.29, 0.717) is 5.82 Å². The summed E-state index contributed by atoms with van der Waals surface area (Å²) in [7, 11) is 2.72. The molecule has 0 spiro atoms. The Morgan fingerprint density at radius 2 is 1.62 bits per heavy atom. The Balaban J connectivity index is 3.43. The number of hydrogen-bond acceptors (Lipinski definition) is 5. The van der Waals surface area contributed by atoms with Crippen LogP contribution < -0.4 is 9.47 Å². The molecule has 0 aliphatic rings. The molecule has 0 amide bonds. The van der Waals surface area contributed by atoms with Gasteiger partial charge in [0.2, 0.25) is 11.8 Å². The van der Waals surface area contributed by atoms with E-state index in [4.69, 9.17) is 14.6 Å². The second-order valence-corrected chi connectivity index (χ2v) is 3.44. The van der Waals surface area contributed by atoms with Gasteiger partial charge in [-0.05, 0) is 0 Å². The fourth-order valence-electron chi connectivity index (χ4n) is 1.17. The summed E-state index contributed by atoms with van der Waals surface area (Å²) in [5.41, 5.74) is -0.158. The third kappa shape index (κ3) is 2.21. The largest absolute Gasteiger partial charge is 0.480 e. The topological polar surface area (TPSA) is 81.5 Å². The second kappa shape index (κ2) is 4.78. The molecule has 0 bridgehead atoms. The molecular formula is C10H14N2O4. The number of rotatable bonds is 4. The van der Waals surface area contributed by atoms with Crippen molar-refractivity contribution in [3.63, 3.8) is 0 Å². The number of aromatic nitrogens is 2. The van der Waals surface area contributed by atoms with Gasteiger partial charge in [0.25, 0.3) is 0 Å². The highest BCUT2D eigenvalue weighted by atomic mass is 16.5. The quantitative estimate of drug-likeness (QED) is 0.833. The molecule has 1 rings (SSSR count). The summed E-state index contributed by atoms with van der Waals surface area (Å²) < 4.78 is 9.86. The molecule has 1 heterocycles. The SMILES string of the molecule is COc1nc(C(C)C)nc(OC)c1C(=O)O. The predicted molar refractivity (Wildman–Crippen MR) is 56.2 cm³/mol. The van der Waals surface area contributed by atoms with E-state index in [1.54, 1.807) is 0 Å². The smallest absolute Gasteiger partial charge is 0.346 e. The van der Waals surface area contributed by atoms with Gasteiger partial charge in [0.1, 0.15) is 5.82 Å². The first kappa shape index (κ1) is 12.2. The molecule has 0 aliphatic heterocycles. The van der Waals surface area contributed by atoms with E-state index in [-0.39, 0.29) is 23.2 Å². The van der Waals surface area contributed by atoms with Gasteiger partial charge in [-0.15, -0.1) is 0 Å². The lowest BCUT2D eigenvalue weighted by Crippen LogP contribution is -2.10. The van der Waals surface area contributed by atoms with Gasteiger partial charge in [0.05, 0.1) is 14.2 Å². The molecule has 0 atom stereocenters. The Morgan fingerprint density at radius 3 is 1.88 bits per heavy atom. The molecule has 6 nitrogen and oxygen atoms in total. The summed E-state index contributed by atoms with van der Waals surface area (Å²) in [6.07, 6.45) is 0. The van der Waals surface area contributed by atoms with E-state index in [1.807, 2.05) is 13.8 Å². The van der Waals surface area contributed by atoms with Crippen molar-refractivity contribution in [2.24, 2.45) is 0 Å². The second-order valence-electron chi connectivity index (χ2n) is 3.44. The molecule has 0 aliphatic carbocycles. The molecule has 0 radical (unpaired) electrons. The number of nitrogens with zero attached hydrogens (tertiary/aromatic N) is 2. The molecular weight excluding hydrogens is 212 g/mol. The summed E-state index contributed by atoms with van der Waals surface area (Å²) in [5.74, 6) is -0.598. The molecule has 6 heteroatoms. The molecule has 0 saturated carbocycles. The van der Waals surface area contributed by atoms with E-state index in [0.717, 1.165) is 0 Å². The molecule has 88 valence electrons.